The molecule has 1 saturated carbocycles. The van der Waals surface area contributed by atoms with Crippen molar-refractivity contribution in [1.29, 1.82) is 0 Å². The van der Waals surface area contributed by atoms with Gasteiger partial charge in [-0.1, -0.05) is 45.3 Å². The number of benzene rings is 1. The van der Waals surface area contributed by atoms with E-state index in [1.54, 1.807) is 0 Å². The fourth-order valence-corrected chi connectivity index (χ4v) is 4.77. The monoisotopic (exact) mass is 371 g/mol. The molecule has 4 rings (SSSR count). The summed E-state index contributed by atoms with van der Waals surface area (Å²) in [4.78, 5) is 27.4. The lowest BCUT2D eigenvalue weighted by Gasteiger charge is -2.19. The second-order valence-electron chi connectivity index (χ2n) is 6.89. The maximum absolute atomic E-state index is 13.0. The summed E-state index contributed by atoms with van der Waals surface area (Å²) in [5, 5.41) is 0. The molecule has 1 heterocycles. The van der Waals surface area contributed by atoms with E-state index in [1.807, 2.05) is 25.1 Å². The summed E-state index contributed by atoms with van der Waals surface area (Å²) in [6.45, 7) is 6.14. The molecule has 1 saturated heterocycles. The average molecular weight is 372 g/mol. The van der Waals surface area contributed by atoms with Gasteiger partial charge in [-0.25, -0.2) is 4.90 Å². The zero-order valence-electron chi connectivity index (χ0n) is 13.3. The predicted octanol–water partition coefficient (Wildman–Crippen LogP) is 4.02. The van der Waals surface area contributed by atoms with E-state index < -0.39 is 0 Å². The van der Waals surface area contributed by atoms with Gasteiger partial charge in [-0.05, 0) is 38.5 Å². The Labute approximate surface area is 144 Å². The quantitative estimate of drug-likeness (QED) is 0.552. The van der Waals surface area contributed by atoms with Crippen molar-refractivity contribution >= 4 is 33.4 Å². The summed E-state index contributed by atoms with van der Waals surface area (Å²) in [5.74, 6) is -0.335. The van der Waals surface area contributed by atoms with E-state index in [2.05, 4.69) is 41.9 Å². The summed E-state index contributed by atoms with van der Waals surface area (Å²) >= 11 is 3.49. The van der Waals surface area contributed by atoms with Gasteiger partial charge in [0.15, 0.2) is 0 Å². The molecule has 1 aromatic carbocycles. The lowest BCUT2D eigenvalue weighted by molar-refractivity contribution is -0.122. The van der Waals surface area contributed by atoms with Crippen LogP contribution in [0.3, 0.4) is 0 Å². The van der Waals surface area contributed by atoms with Crippen LogP contribution in [0.1, 0.15) is 19.4 Å². The lowest BCUT2D eigenvalue weighted by atomic mass is 9.85. The molecule has 2 aliphatic carbocycles. The van der Waals surface area contributed by atoms with Crippen molar-refractivity contribution in [3.05, 3.63) is 51.5 Å². The summed E-state index contributed by atoms with van der Waals surface area (Å²) in [6, 6.07) is 5.65. The number of anilines is 1. The SMILES string of the molecule is CC(C)=C1[C@H]2C=C[C@@H]1[C@H]1C(=O)N(c3ccc(C)c(Br)c3)C(=O)[C@H]12. The summed E-state index contributed by atoms with van der Waals surface area (Å²) < 4.78 is 0.916. The van der Waals surface area contributed by atoms with Crippen molar-refractivity contribution in [2.24, 2.45) is 23.7 Å². The van der Waals surface area contributed by atoms with E-state index in [4.69, 9.17) is 0 Å². The van der Waals surface area contributed by atoms with Gasteiger partial charge in [0.25, 0.3) is 0 Å². The number of carbonyl (C=O) groups is 2. The first kappa shape index (κ1) is 14.9. The predicted molar refractivity (Wildman–Crippen MR) is 92.8 cm³/mol. The van der Waals surface area contributed by atoms with Crippen molar-refractivity contribution in [3.63, 3.8) is 0 Å². The minimum Gasteiger partial charge on any atom is -0.274 e. The number of nitrogens with zero attached hydrogens (tertiary/aromatic N) is 1. The van der Waals surface area contributed by atoms with Crippen LogP contribution >= 0.6 is 15.9 Å². The van der Waals surface area contributed by atoms with Gasteiger partial charge in [0.05, 0.1) is 17.5 Å². The van der Waals surface area contributed by atoms with Gasteiger partial charge in [-0.15, -0.1) is 0 Å². The molecule has 1 aliphatic heterocycles. The standard InChI is InChI=1S/C19H18BrNO2/c1-9(2)15-12-6-7-13(15)17-16(12)18(22)21(19(17)23)11-5-4-10(3)14(20)8-11/h4-8,12-13,16-17H,1-3H3/t12-,13+,16+,17-. The fourth-order valence-electron chi connectivity index (χ4n) is 4.41. The van der Waals surface area contributed by atoms with Crippen molar-refractivity contribution in [2.75, 3.05) is 4.90 Å². The molecule has 0 unspecified atom stereocenters. The molecule has 3 nitrogen and oxygen atoms in total. The number of carbonyl (C=O) groups excluding carboxylic acids is 2. The molecule has 0 aromatic heterocycles. The molecule has 0 radical (unpaired) electrons. The van der Waals surface area contributed by atoms with E-state index in [-0.39, 0.29) is 35.5 Å². The number of rotatable bonds is 1. The maximum Gasteiger partial charge on any atom is 0.238 e. The largest absolute Gasteiger partial charge is 0.274 e. The first-order valence-corrected chi connectivity index (χ1v) is 8.70. The molecule has 4 atom stereocenters. The minimum atomic E-state index is -0.220. The molecule has 0 spiro atoms. The summed E-state index contributed by atoms with van der Waals surface area (Å²) in [5.41, 5.74) is 4.28. The highest BCUT2D eigenvalue weighted by molar-refractivity contribution is 9.10. The van der Waals surface area contributed by atoms with Crippen LogP contribution < -0.4 is 4.90 Å². The Morgan fingerprint density at radius 1 is 1.04 bits per heavy atom. The van der Waals surface area contributed by atoms with Crippen LogP contribution in [0.2, 0.25) is 0 Å². The third-order valence-corrected chi connectivity index (χ3v) is 6.26. The first-order valence-electron chi connectivity index (χ1n) is 7.91. The number of halogens is 1. The number of amides is 2. The zero-order valence-corrected chi connectivity index (χ0v) is 14.9. The molecule has 1 aromatic rings. The number of imide groups is 1. The Morgan fingerprint density at radius 2 is 1.61 bits per heavy atom. The van der Waals surface area contributed by atoms with Gasteiger partial charge >= 0.3 is 0 Å². The number of hydrogen-bond acceptors (Lipinski definition) is 2. The van der Waals surface area contributed by atoms with Gasteiger partial charge in [0, 0.05) is 16.3 Å². The normalized spacial score (nSPS) is 31.3. The van der Waals surface area contributed by atoms with Crippen LogP contribution in [0.25, 0.3) is 0 Å². The molecule has 2 amide bonds. The van der Waals surface area contributed by atoms with E-state index in [9.17, 15) is 9.59 Å². The molecular weight excluding hydrogens is 354 g/mol. The van der Waals surface area contributed by atoms with Crippen LogP contribution in [0.5, 0.6) is 0 Å². The van der Waals surface area contributed by atoms with Crippen molar-refractivity contribution in [1.82, 2.24) is 0 Å². The fraction of sp³-hybridized carbons (Fsp3) is 0.368. The smallest absolute Gasteiger partial charge is 0.238 e. The second kappa shape index (κ2) is 4.91. The molecule has 23 heavy (non-hydrogen) atoms. The van der Waals surface area contributed by atoms with E-state index in [1.165, 1.54) is 16.0 Å². The third-order valence-electron chi connectivity index (χ3n) is 5.41. The van der Waals surface area contributed by atoms with Crippen LogP contribution in [-0.4, -0.2) is 11.8 Å². The van der Waals surface area contributed by atoms with Gasteiger partial charge < -0.3 is 0 Å². The van der Waals surface area contributed by atoms with Gasteiger partial charge in [-0.2, -0.15) is 0 Å². The van der Waals surface area contributed by atoms with Gasteiger partial charge in [-0.3, -0.25) is 9.59 Å². The molecular formula is C19H18BrNO2. The van der Waals surface area contributed by atoms with Crippen LogP contribution in [0.15, 0.2) is 46.0 Å². The molecule has 3 aliphatic rings. The summed E-state index contributed by atoms with van der Waals surface area (Å²) in [6.07, 6.45) is 4.24. The second-order valence-corrected chi connectivity index (χ2v) is 7.74. The first-order chi connectivity index (χ1) is 10.9. The average Bonchev–Trinajstić information content (AvgIpc) is 3.13. The van der Waals surface area contributed by atoms with Crippen molar-refractivity contribution in [3.8, 4) is 0 Å². The van der Waals surface area contributed by atoms with E-state index in [0.717, 1.165) is 10.0 Å². The minimum absolute atomic E-state index is 0.0497. The molecule has 118 valence electrons. The van der Waals surface area contributed by atoms with E-state index in [0.29, 0.717) is 5.69 Å². The molecule has 4 heteroatoms. The summed E-state index contributed by atoms with van der Waals surface area (Å²) in [7, 11) is 0. The Bertz CT molecular complexity index is 770. The highest BCUT2D eigenvalue weighted by Crippen LogP contribution is 2.57. The Morgan fingerprint density at radius 3 is 2.09 bits per heavy atom. The Hall–Kier alpha value is -1.68. The maximum atomic E-state index is 13.0. The topological polar surface area (TPSA) is 37.4 Å². The highest BCUT2D eigenvalue weighted by atomic mass is 79.9. The van der Waals surface area contributed by atoms with Gasteiger partial charge in [0.2, 0.25) is 11.8 Å². The van der Waals surface area contributed by atoms with Crippen molar-refractivity contribution in [2.45, 2.75) is 20.8 Å². The molecule has 0 N–H and O–H groups in total. The van der Waals surface area contributed by atoms with E-state index >= 15 is 0 Å². The number of aryl methyl sites for hydroxylation is 1. The van der Waals surface area contributed by atoms with Gasteiger partial charge in [0.1, 0.15) is 0 Å². The van der Waals surface area contributed by atoms with Crippen LogP contribution in [0.4, 0.5) is 5.69 Å². The Balaban J connectivity index is 1.77. The van der Waals surface area contributed by atoms with Crippen LogP contribution in [0, 0.1) is 30.6 Å². The zero-order chi connectivity index (χ0) is 16.5. The Kier molecular flexibility index (Phi) is 3.17. The van der Waals surface area contributed by atoms with Crippen LogP contribution in [-0.2, 0) is 9.59 Å². The third kappa shape index (κ3) is 1.87. The molecule has 2 bridgehead atoms. The van der Waals surface area contributed by atoms with Crippen molar-refractivity contribution < 1.29 is 9.59 Å². The highest BCUT2D eigenvalue weighted by Gasteiger charge is 2.61. The lowest BCUT2D eigenvalue weighted by Crippen LogP contribution is -2.33. The molecule has 2 fully saturated rings. The number of fused-ring (bicyclic) bond motifs is 5. The number of allylic oxidation sites excluding steroid dienone is 4. The number of hydrogen-bond donors (Lipinski definition) is 0.